The first kappa shape index (κ1) is 16.3. The zero-order valence-corrected chi connectivity index (χ0v) is 14.1. The molecular formula is C19H16ClNO3. The van der Waals surface area contributed by atoms with Crippen molar-refractivity contribution < 1.29 is 14.7 Å². The number of carbonyl (C=O) groups is 2. The second-order valence-corrected chi connectivity index (χ2v) is 6.28. The summed E-state index contributed by atoms with van der Waals surface area (Å²) in [4.78, 5) is 26.0. The molecule has 24 heavy (non-hydrogen) atoms. The summed E-state index contributed by atoms with van der Waals surface area (Å²) in [5.74, 6) is -1.67. The molecule has 1 N–H and O–H groups in total. The summed E-state index contributed by atoms with van der Waals surface area (Å²) in [7, 11) is 0. The molecular weight excluding hydrogens is 326 g/mol. The maximum atomic E-state index is 12.7. The van der Waals surface area contributed by atoms with Gasteiger partial charge in [-0.25, -0.2) is 0 Å². The van der Waals surface area contributed by atoms with Gasteiger partial charge in [-0.2, -0.15) is 0 Å². The van der Waals surface area contributed by atoms with Crippen molar-refractivity contribution in [1.29, 1.82) is 0 Å². The third-order valence-electron chi connectivity index (χ3n) is 4.19. The molecule has 0 aromatic heterocycles. The van der Waals surface area contributed by atoms with E-state index in [0.717, 1.165) is 21.6 Å². The van der Waals surface area contributed by atoms with Crippen LogP contribution in [-0.4, -0.2) is 21.8 Å². The quantitative estimate of drug-likeness (QED) is 0.864. The zero-order chi connectivity index (χ0) is 17.4. The third kappa shape index (κ3) is 2.81. The Balaban J connectivity index is 1.92. The number of aliphatic hydroxyl groups excluding tert-OH is 1. The van der Waals surface area contributed by atoms with Gasteiger partial charge in [-0.1, -0.05) is 41.9 Å². The summed E-state index contributed by atoms with van der Waals surface area (Å²) in [5.41, 5.74) is 3.43. The number of aryl methyl sites for hydroxylation is 2. The van der Waals surface area contributed by atoms with E-state index in [1.165, 1.54) is 0 Å². The molecule has 1 aliphatic heterocycles. The highest BCUT2D eigenvalue weighted by molar-refractivity contribution is 6.34. The Morgan fingerprint density at radius 1 is 0.958 bits per heavy atom. The van der Waals surface area contributed by atoms with Crippen LogP contribution in [0.2, 0.25) is 5.02 Å². The van der Waals surface area contributed by atoms with Gasteiger partial charge < -0.3 is 5.11 Å². The Labute approximate surface area is 145 Å². The summed E-state index contributed by atoms with van der Waals surface area (Å²) in [6.45, 7) is 3.97. The summed E-state index contributed by atoms with van der Waals surface area (Å²) in [6.07, 6.45) is 0. The molecule has 1 aliphatic rings. The SMILES string of the molecule is Cc1ccc(C2=C(O)C(=O)N(Cc3ccc(Cl)cc3)C2=O)cc1C. The molecule has 2 amide bonds. The minimum absolute atomic E-state index is 0.0528. The molecule has 4 nitrogen and oxygen atoms in total. The summed E-state index contributed by atoms with van der Waals surface area (Å²) < 4.78 is 0. The molecule has 0 saturated heterocycles. The molecule has 0 atom stereocenters. The number of hydrogen-bond acceptors (Lipinski definition) is 3. The Morgan fingerprint density at radius 2 is 1.62 bits per heavy atom. The smallest absolute Gasteiger partial charge is 0.296 e. The molecule has 122 valence electrons. The molecule has 0 radical (unpaired) electrons. The van der Waals surface area contributed by atoms with Gasteiger partial charge in [-0.05, 0) is 48.2 Å². The van der Waals surface area contributed by atoms with Gasteiger partial charge in [0.15, 0.2) is 5.76 Å². The normalized spacial score (nSPS) is 14.7. The largest absolute Gasteiger partial charge is 0.502 e. The number of aliphatic hydroxyl groups is 1. The predicted molar refractivity (Wildman–Crippen MR) is 92.5 cm³/mol. The molecule has 0 unspecified atom stereocenters. The van der Waals surface area contributed by atoms with Crippen molar-refractivity contribution in [2.24, 2.45) is 0 Å². The number of halogens is 1. The topological polar surface area (TPSA) is 57.6 Å². The van der Waals surface area contributed by atoms with E-state index in [9.17, 15) is 14.7 Å². The highest BCUT2D eigenvalue weighted by atomic mass is 35.5. The van der Waals surface area contributed by atoms with Crippen molar-refractivity contribution in [3.8, 4) is 0 Å². The second-order valence-electron chi connectivity index (χ2n) is 5.85. The standard InChI is InChI=1S/C19H16ClNO3/c1-11-3-6-14(9-12(11)2)16-17(22)19(24)21(18(16)23)10-13-4-7-15(20)8-5-13/h3-9,22H,10H2,1-2H3. The lowest BCUT2D eigenvalue weighted by Crippen LogP contribution is -2.31. The van der Waals surface area contributed by atoms with E-state index in [0.29, 0.717) is 10.6 Å². The van der Waals surface area contributed by atoms with E-state index in [-0.39, 0.29) is 12.1 Å². The number of imide groups is 1. The highest BCUT2D eigenvalue weighted by Gasteiger charge is 2.39. The van der Waals surface area contributed by atoms with Gasteiger partial charge in [0.2, 0.25) is 0 Å². The number of benzene rings is 2. The Morgan fingerprint density at radius 3 is 2.25 bits per heavy atom. The van der Waals surface area contributed by atoms with Crippen LogP contribution >= 0.6 is 11.6 Å². The number of hydrogen-bond donors (Lipinski definition) is 1. The molecule has 0 saturated carbocycles. The van der Waals surface area contributed by atoms with Gasteiger partial charge in [0.25, 0.3) is 11.8 Å². The molecule has 0 bridgehead atoms. The fraction of sp³-hybridized carbons (Fsp3) is 0.158. The van der Waals surface area contributed by atoms with E-state index < -0.39 is 17.6 Å². The Kier molecular flexibility index (Phi) is 4.16. The van der Waals surface area contributed by atoms with E-state index >= 15 is 0 Å². The van der Waals surface area contributed by atoms with Crippen LogP contribution in [0.3, 0.4) is 0 Å². The fourth-order valence-corrected chi connectivity index (χ4v) is 2.76. The first-order chi connectivity index (χ1) is 11.4. The third-order valence-corrected chi connectivity index (χ3v) is 4.45. The van der Waals surface area contributed by atoms with Crippen molar-refractivity contribution in [3.63, 3.8) is 0 Å². The first-order valence-corrected chi connectivity index (χ1v) is 7.88. The van der Waals surface area contributed by atoms with Gasteiger partial charge >= 0.3 is 0 Å². The minimum Gasteiger partial charge on any atom is -0.502 e. The van der Waals surface area contributed by atoms with Gasteiger partial charge in [0.05, 0.1) is 12.1 Å². The van der Waals surface area contributed by atoms with Crippen molar-refractivity contribution in [3.05, 3.63) is 75.5 Å². The van der Waals surface area contributed by atoms with Crippen LogP contribution in [-0.2, 0) is 16.1 Å². The van der Waals surface area contributed by atoms with Crippen LogP contribution in [0.4, 0.5) is 0 Å². The number of rotatable bonds is 3. The summed E-state index contributed by atoms with van der Waals surface area (Å²) in [5, 5.41) is 10.8. The lowest BCUT2D eigenvalue weighted by atomic mass is 10.00. The number of nitrogens with zero attached hydrogens (tertiary/aromatic N) is 1. The minimum atomic E-state index is -0.678. The van der Waals surface area contributed by atoms with Crippen LogP contribution in [0, 0.1) is 13.8 Å². The maximum Gasteiger partial charge on any atom is 0.296 e. The molecule has 2 aromatic rings. The Bertz CT molecular complexity index is 869. The van der Waals surface area contributed by atoms with Crippen molar-refractivity contribution >= 4 is 29.0 Å². The monoisotopic (exact) mass is 341 g/mol. The van der Waals surface area contributed by atoms with Crippen LogP contribution in [0.1, 0.15) is 22.3 Å². The molecule has 1 heterocycles. The Hall–Kier alpha value is -2.59. The predicted octanol–water partition coefficient (Wildman–Crippen LogP) is 3.79. The fourth-order valence-electron chi connectivity index (χ4n) is 2.64. The van der Waals surface area contributed by atoms with E-state index in [2.05, 4.69) is 0 Å². The lowest BCUT2D eigenvalue weighted by molar-refractivity contribution is -0.138. The average molecular weight is 342 g/mol. The molecule has 2 aromatic carbocycles. The van der Waals surface area contributed by atoms with Crippen molar-refractivity contribution in [1.82, 2.24) is 4.90 Å². The molecule has 3 rings (SSSR count). The summed E-state index contributed by atoms with van der Waals surface area (Å²) in [6, 6.07) is 12.3. The lowest BCUT2D eigenvalue weighted by Gasteiger charge is -2.14. The molecule has 5 heteroatoms. The van der Waals surface area contributed by atoms with E-state index in [1.54, 1.807) is 36.4 Å². The van der Waals surface area contributed by atoms with Crippen LogP contribution in [0.25, 0.3) is 5.57 Å². The van der Waals surface area contributed by atoms with E-state index in [4.69, 9.17) is 11.6 Å². The first-order valence-electron chi connectivity index (χ1n) is 7.50. The van der Waals surface area contributed by atoms with Crippen LogP contribution < -0.4 is 0 Å². The van der Waals surface area contributed by atoms with Crippen LogP contribution in [0.5, 0.6) is 0 Å². The van der Waals surface area contributed by atoms with Crippen molar-refractivity contribution in [2.75, 3.05) is 0 Å². The van der Waals surface area contributed by atoms with Crippen molar-refractivity contribution in [2.45, 2.75) is 20.4 Å². The number of amides is 2. The summed E-state index contributed by atoms with van der Waals surface area (Å²) >= 11 is 5.84. The molecule has 0 fully saturated rings. The van der Waals surface area contributed by atoms with Gasteiger partial charge in [0.1, 0.15) is 0 Å². The van der Waals surface area contributed by atoms with Gasteiger partial charge in [0, 0.05) is 5.02 Å². The average Bonchev–Trinajstić information content (AvgIpc) is 2.76. The highest BCUT2D eigenvalue weighted by Crippen LogP contribution is 2.30. The maximum absolute atomic E-state index is 12.7. The van der Waals surface area contributed by atoms with Gasteiger partial charge in [-0.15, -0.1) is 0 Å². The second kappa shape index (κ2) is 6.13. The molecule has 0 aliphatic carbocycles. The van der Waals surface area contributed by atoms with Gasteiger partial charge in [-0.3, -0.25) is 14.5 Å². The zero-order valence-electron chi connectivity index (χ0n) is 13.3. The molecule has 0 spiro atoms. The number of carbonyl (C=O) groups excluding carboxylic acids is 2. The van der Waals surface area contributed by atoms with E-state index in [1.807, 2.05) is 19.9 Å². The van der Waals surface area contributed by atoms with Crippen LogP contribution in [0.15, 0.2) is 48.2 Å².